The molecule has 17 heavy (non-hydrogen) atoms. The number of aryl methyl sites for hydroxylation is 1. The van der Waals surface area contributed by atoms with E-state index in [9.17, 15) is 13.2 Å². The SMILES string of the molecule is Cc1ccsc1C(=O)NCCCNS(C)(=O)=O. The standard InChI is InChI=1S/C10H16N2O3S2/c1-8-4-7-16-9(8)10(13)11-5-3-6-12-17(2,14)15/h4,7,12H,3,5-6H2,1-2H3,(H,11,13). The van der Waals surface area contributed by atoms with Gasteiger partial charge in [0.15, 0.2) is 0 Å². The third kappa shape index (κ3) is 5.29. The molecule has 0 unspecified atom stereocenters. The van der Waals surface area contributed by atoms with Crippen molar-refractivity contribution in [2.24, 2.45) is 0 Å². The Labute approximate surface area is 105 Å². The van der Waals surface area contributed by atoms with Gasteiger partial charge in [-0.2, -0.15) is 0 Å². The van der Waals surface area contributed by atoms with Crippen LogP contribution < -0.4 is 10.0 Å². The fraction of sp³-hybridized carbons (Fsp3) is 0.500. The molecule has 0 aliphatic heterocycles. The van der Waals surface area contributed by atoms with E-state index in [0.717, 1.165) is 11.8 Å². The summed E-state index contributed by atoms with van der Waals surface area (Å²) < 4.78 is 23.9. The molecule has 2 N–H and O–H groups in total. The Morgan fingerprint density at radius 1 is 1.41 bits per heavy atom. The highest BCUT2D eigenvalue weighted by atomic mass is 32.2. The third-order valence-electron chi connectivity index (χ3n) is 2.07. The van der Waals surface area contributed by atoms with Crippen LogP contribution >= 0.6 is 11.3 Å². The predicted octanol–water partition coefficient (Wildman–Crippen LogP) is 0.726. The first-order valence-corrected chi connectivity index (χ1v) is 7.94. The number of carbonyl (C=O) groups is 1. The van der Waals surface area contributed by atoms with E-state index in [4.69, 9.17) is 0 Å². The molecule has 96 valence electrons. The lowest BCUT2D eigenvalue weighted by Crippen LogP contribution is -2.29. The molecule has 0 fully saturated rings. The summed E-state index contributed by atoms with van der Waals surface area (Å²) >= 11 is 1.40. The fourth-order valence-corrected chi connectivity index (χ4v) is 2.59. The summed E-state index contributed by atoms with van der Waals surface area (Å²) in [6.45, 7) is 2.68. The van der Waals surface area contributed by atoms with Gasteiger partial charge < -0.3 is 5.32 Å². The fourth-order valence-electron chi connectivity index (χ4n) is 1.23. The van der Waals surface area contributed by atoms with Gasteiger partial charge in [-0.3, -0.25) is 4.79 Å². The van der Waals surface area contributed by atoms with Crippen molar-refractivity contribution >= 4 is 27.3 Å². The number of rotatable bonds is 6. The zero-order valence-corrected chi connectivity index (χ0v) is 11.5. The van der Waals surface area contributed by atoms with Crippen molar-refractivity contribution in [1.82, 2.24) is 10.0 Å². The molecule has 0 saturated carbocycles. The highest BCUT2D eigenvalue weighted by Gasteiger charge is 2.09. The highest BCUT2D eigenvalue weighted by Crippen LogP contribution is 2.14. The molecule has 0 radical (unpaired) electrons. The first kappa shape index (κ1) is 14.1. The minimum Gasteiger partial charge on any atom is -0.351 e. The Kier molecular flexibility index (Phi) is 5.10. The van der Waals surface area contributed by atoms with Crippen LogP contribution in [0.15, 0.2) is 11.4 Å². The molecule has 0 spiro atoms. The first-order chi connectivity index (χ1) is 7.90. The minimum absolute atomic E-state index is 0.100. The van der Waals surface area contributed by atoms with E-state index in [1.54, 1.807) is 0 Å². The topological polar surface area (TPSA) is 75.3 Å². The van der Waals surface area contributed by atoms with Crippen molar-refractivity contribution in [3.05, 3.63) is 21.9 Å². The van der Waals surface area contributed by atoms with Crippen LogP contribution in [-0.4, -0.2) is 33.7 Å². The van der Waals surface area contributed by atoms with Gasteiger partial charge in [-0.15, -0.1) is 11.3 Å². The van der Waals surface area contributed by atoms with Crippen LogP contribution in [0.4, 0.5) is 0 Å². The lowest BCUT2D eigenvalue weighted by atomic mass is 10.3. The second-order valence-electron chi connectivity index (χ2n) is 3.71. The Bertz CT molecular complexity index is 479. The molecule has 1 aromatic rings. The molecule has 0 bridgehead atoms. The third-order valence-corrected chi connectivity index (χ3v) is 3.82. The summed E-state index contributed by atoms with van der Waals surface area (Å²) in [6, 6.07) is 1.89. The second-order valence-corrected chi connectivity index (χ2v) is 6.46. The number of nitrogens with one attached hydrogen (secondary N) is 2. The summed E-state index contributed by atoms with van der Waals surface area (Å²) in [6.07, 6.45) is 1.68. The quantitative estimate of drug-likeness (QED) is 0.752. The largest absolute Gasteiger partial charge is 0.351 e. The molecule has 0 aromatic carbocycles. The van der Waals surface area contributed by atoms with E-state index < -0.39 is 10.0 Å². The van der Waals surface area contributed by atoms with Crippen molar-refractivity contribution in [2.75, 3.05) is 19.3 Å². The average molecular weight is 276 g/mol. The lowest BCUT2D eigenvalue weighted by molar-refractivity contribution is 0.0957. The number of amides is 1. The van der Waals surface area contributed by atoms with Gasteiger partial charge in [0.05, 0.1) is 11.1 Å². The minimum atomic E-state index is -3.14. The summed E-state index contributed by atoms with van der Waals surface area (Å²) in [5, 5.41) is 4.62. The average Bonchev–Trinajstić information content (AvgIpc) is 2.62. The first-order valence-electron chi connectivity index (χ1n) is 5.17. The van der Waals surface area contributed by atoms with E-state index in [1.165, 1.54) is 11.3 Å². The van der Waals surface area contributed by atoms with E-state index >= 15 is 0 Å². The maximum absolute atomic E-state index is 11.6. The van der Waals surface area contributed by atoms with Crippen LogP contribution in [0.25, 0.3) is 0 Å². The molecular weight excluding hydrogens is 260 g/mol. The van der Waals surface area contributed by atoms with Gasteiger partial charge in [-0.05, 0) is 30.4 Å². The normalized spacial score (nSPS) is 11.4. The molecular formula is C10H16N2O3S2. The molecule has 1 amide bonds. The lowest BCUT2D eigenvalue weighted by Gasteiger charge is -2.05. The van der Waals surface area contributed by atoms with E-state index in [-0.39, 0.29) is 5.91 Å². The summed E-state index contributed by atoms with van der Waals surface area (Å²) in [5.74, 6) is -0.100. The molecule has 5 nitrogen and oxygen atoms in total. The molecule has 0 atom stereocenters. The molecule has 1 aromatic heterocycles. The Balaban J connectivity index is 2.24. The molecule has 0 aliphatic rings. The number of sulfonamides is 1. The number of hydrogen-bond acceptors (Lipinski definition) is 4. The van der Waals surface area contributed by atoms with E-state index in [2.05, 4.69) is 10.0 Å². The molecule has 1 heterocycles. The predicted molar refractivity (Wildman–Crippen MR) is 68.9 cm³/mol. The van der Waals surface area contributed by atoms with Gasteiger partial charge in [-0.25, -0.2) is 13.1 Å². The van der Waals surface area contributed by atoms with Crippen LogP contribution in [0.5, 0.6) is 0 Å². The molecule has 1 rings (SSSR count). The summed E-state index contributed by atoms with van der Waals surface area (Å²) in [5.41, 5.74) is 0.960. The number of thiophene rings is 1. The maximum Gasteiger partial charge on any atom is 0.261 e. The van der Waals surface area contributed by atoms with Gasteiger partial charge in [0.25, 0.3) is 5.91 Å². The molecule has 0 saturated heterocycles. The second kappa shape index (κ2) is 6.13. The summed E-state index contributed by atoms with van der Waals surface area (Å²) in [7, 11) is -3.14. The molecule has 7 heteroatoms. The van der Waals surface area contributed by atoms with Crippen molar-refractivity contribution in [1.29, 1.82) is 0 Å². The van der Waals surface area contributed by atoms with Gasteiger partial charge in [0, 0.05) is 13.1 Å². The zero-order chi connectivity index (χ0) is 12.9. The van der Waals surface area contributed by atoms with Crippen LogP contribution in [0.2, 0.25) is 0 Å². The van der Waals surface area contributed by atoms with Crippen molar-refractivity contribution in [2.45, 2.75) is 13.3 Å². The number of hydrogen-bond donors (Lipinski definition) is 2. The van der Waals surface area contributed by atoms with Crippen LogP contribution in [0, 0.1) is 6.92 Å². The summed E-state index contributed by atoms with van der Waals surface area (Å²) in [4.78, 5) is 12.4. The Hall–Kier alpha value is -0.920. The van der Waals surface area contributed by atoms with Gasteiger partial charge in [0.2, 0.25) is 10.0 Å². The Morgan fingerprint density at radius 2 is 2.12 bits per heavy atom. The monoisotopic (exact) mass is 276 g/mol. The van der Waals surface area contributed by atoms with Gasteiger partial charge in [0.1, 0.15) is 0 Å². The Morgan fingerprint density at radius 3 is 2.65 bits per heavy atom. The van der Waals surface area contributed by atoms with Gasteiger partial charge >= 0.3 is 0 Å². The van der Waals surface area contributed by atoms with Crippen LogP contribution in [-0.2, 0) is 10.0 Å². The smallest absolute Gasteiger partial charge is 0.261 e. The van der Waals surface area contributed by atoms with Crippen molar-refractivity contribution < 1.29 is 13.2 Å². The van der Waals surface area contributed by atoms with E-state index in [0.29, 0.717) is 24.4 Å². The van der Waals surface area contributed by atoms with Crippen LogP contribution in [0.3, 0.4) is 0 Å². The maximum atomic E-state index is 11.6. The van der Waals surface area contributed by atoms with Crippen molar-refractivity contribution in [3.8, 4) is 0 Å². The molecule has 0 aliphatic carbocycles. The van der Waals surface area contributed by atoms with Gasteiger partial charge in [-0.1, -0.05) is 0 Å². The van der Waals surface area contributed by atoms with Crippen LogP contribution in [0.1, 0.15) is 21.7 Å². The number of carbonyl (C=O) groups excluding carboxylic acids is 1. The van der Waals surface area contributed by atoms with Crippen molar-refractivity contribution in [3.63, 3.8) is 0 Å². The highest BCUT2D eigenvalue weighted by molar-refractivity contribution is 7.88. The van der Waals surface area contributed by atoms with E-state index in [1.807, 2.05) is 18.4 Å². The zero-order valence-electron chi connectivity index (χ0n) is 9.82.